The Bertz CT molecular complexity index is 675. The molecule has 0 heterocycles. The van der Waals surface area contributed by atoms with Gasteiger partial charge < -0.3 is 8.85 Å². The van der Waals surface area contributed by atoms with Crippen LogP contribution in [-0.2, 0) is 8.85 Å². The van der Waals surface area contributed by atoms with E-state index in [1.165, 1.54) is 68.2 Å². The minimum absolute atomic E-state index is 0.691. The summed E-state index contributed by atoms with van der Waals surface area (Å²) in [6.07, 6.45) is 18.1. The predicted molar refractivity (Wildman–Crippen MR) is 141 cm³/mol. The first-order chi connectivity index (χ1) is 15.8. The quantitative estimate of drug-likeness (QED) is 0.136. The maximum absolute atomic E-state index is 6.76. The summed E-state index contributed by atoms with van der Waals surface area (Å²) in [4.78, 5) is 0. The van der Waals surface area contributed by atoms with Crippen LogP contribution in [0.25, 0.3) is 0 Å². The summed E-state index contributed by atoms with van der Waals surface area (Å²) < 4.78 is 13.5. The molecule has 0 saturated heterocycles. The van der Waals surface area contributed by atoms with Gasteiger partial charge in [-0.1, -0.05) is 132 Å². The molecule has 0 radical (unpaired) electrons. The van der Waals surface area contributed by atoms with Gasteiger partial charge in [0.25, 0.3) is 0 Å². The van der Waals surface area contributed by atoms with Crippen LogP contribution in [-0.4, -0.2) is 21.8 Å². The number of rotatable bonds is 18. The first-order valence-corrected chi connectivity index (χ1v) is 14.7. The maximum atomic E-state index is 6.76. The van der Waals surface area contributed by atoms with Crippen molar-refractivity contribution in [2.24, 2.45) is 0 Å². The first-order valence-electron chi connectivity index (χ1n) is 12.9. The largest absolute Gasteiger partial charge is 0.407 e. The highest BCUT2D eigenvalue weighted by atomic mass is 28.4. The van der Waals surface area contributed by atoms with Gasteiger partial charge in [0, 0.05) is 13.2 Å². The Balaban J connectivity index is 2.07. The summed E-state index contributed by atoms with van der Waals surface area (Å²) in [7, 11) is -2.74. The van der Waals surface area contributed by atoms with Gasteiger partial charge in [-0.15, -0.1) is 0 Å². The van der Waals surface area contributed by atoms with Crippen LogP contribution in [0.2, 0.25) is 0 Å². The Hall–Kier alpha value is -1.68. The molecule has 0 saturated carbocycles. The minimum atomic E-state index is -2.74. The molecule has 2 rings (SSSR count). The third-order valence-corrected chi connectivity index (χ3v) is 9.25. The van der Waals surface area contributed by atoms with E-state index in [9.17, 15) is 0 Å². The molecule has 3 heteroatoms. The fourth-order valence-corrected chi connectivity index (χ4v) is 7.16. The lowest BCUT2D eigenvalue weighted by Crippen LogP contribution is -2.63. The van der Waals surface area contributed by atoms with Gasteiger partial charge >= 0.3 is 8.56 Å². The highest BCUT2D eigenvalue weighted by molar-refractivity contribution is 6.92. The van der Waals surface area contributed by atoms with Gasteiger partial charge in [-0.25, -0.2) is 0 Å². The molecule has 0 bridgehead atoms. The van der Waals surface area contributed by atoms with Gasteiger partial charge in [0.15, 0.2) is 0 Å². The second-order valence-electron chi connectivity index (χ2n) is 8.57. The third kappa shape index (κ3) is 9.44. The molecule has 0 spiro atoms. The van der Waals surface area contributed by atoms with Crippen molar-refractivity contribution in [3.05, 3.63) is 72.8 Å². The molecule has 0 fully saturated rings. The first kappa shape index (κ1) is 26.6. The normalized spacial score (nSPS) is 11.9. The molecule has 32 heavy (non-hydrogen) atoms. The van der Waals surface area contributed by atoms with Crippen LogP contribution in [0, 0.1) is 0 Å². The van der Waals surface area contributed by atoms with E-state index >= 15 is 0 Å². The van der Waals surface area contributed by atoms with Crippen molar-refractivity contribution in [3.63, 3.8) is 0 Å². The lowest BCUT2D eigenvalue weighted by atomic mass is 10.1. The van der Waals surface area contributed by atoms with E-state index in [0.29, 0.717) is 6.61 Å². The molecule has 0 atom stereocenters. The standard InChI is InChI=1S/C29H44O2Si/c1-3-5-7-9-11-13-21-27-31-32(28-22-16-14-17-23-28,29-24-18-15-19-25-29)30-26-20-12-10-8-6-4-2/h11,13-19,22-25H,3-10,12,20-21,26-27H2,1-2H3/b13-11+. The van der Waals surface area contributed by atoms with Crippen molar-refractivity contribution in [2.45, 2.75) is 84.5 Å². The molecular weight excluding hydrogens is 408 g/mol. The van der Waals surface area contributed by atoms with Crippen molar-refractivity contribution in [1.82, 2.24) is 0 Å². The summed E-state index contributed by atoms with van der Waals surface area (Å²) in [5, 5.41) is 2.40. The van der Waals surface area contributed by atoms with Crippen LogP contribution in [0.3, 0.4) is 0 Å². The Kier molecular flexibility index (Phi) is 14.0. The van der Waals surface area contributed by atoms with Crippen molar-refractivity contribution in [1.29, 1.82) is 0 Å². The molecule has 2 aromatic rings. The molecule has 0 amide bonds. The SMILES string of the molecule is CCCCC/C=C/CCO[Si](OCCCCCCCC)(c1ccccc1)c1ccccc1. The van der Waals surface area contributed by atoms with Gasteiger partial charge in [-0.3, -0.25) is 0 Å². The van der Waals surface area contributed by atoms with Crippen LogP contribution in [0.1, 0.15) is 84.5 Å². The average molecular weight is 453 g/mol. The number of allylic oxidation sites excluding steroid dienone is 1. The Morgan fingerprint density at radius 1 is 0.562 bits per heavy atom. The van der Waals surface area contributed by atoms with E-state index in [1.54, 1.807) is 0 Å². The van der Waals surface area contributed by atoms with E-state index in [4.69, 9.17) is 8.85 Å². The smallest absolute Gasteiger partial charge is 0.388 e. The molecule has 2 nitrogen and oxygen atoms in total. The molecule has 0 aliphatic rings. The van der Waals surface area contributed by atoms with Gasteiger partial charge in [0.05, 0.1) is 0 Å². The Morgan fingerprint density at radius 2 is 1.06 bits per heavy atom. The van der Waals surface area contributed by atoms with Crippen LogP contribution in [0.4, 0.5) is 0 Å². The van der Waals surface area contributed by atoms with Crippen LogP contribution < -0.4 is 10.4 Å². The lowest BCUT2D eigenvalue weighted by Gasteiger charge is -2.31. The van der Waals surface area contributed by atoms with Crippen molar-refractivity contribution in [3.8, 4) is 0 Å². The number of benzene rings is 2. The van der Waals surface area contributed by atoms with E-state index in [1.807, 2.05) is 0 Å². The van der Waals surface area contributed by atoms with Crippen LogP contribution >= 0.6 is 0 Å². The second kappa shape index (κ2) is 16.9. The zero-order valence-electron chi connectivity index (χ0n) is 20.4. The molecule has 176 valence electrons. The molecule has 2 aromatic carbocycles. The van der Waals surface area contributed by atoms with Crippen LogP contribution in [0.5, 0.6) is 0 Å². The number of hydrogen-bond donors (Lipinski definition) is 0. The third-order valence-electron chi connectivity index (χ3n) is 5.84. The molecular formula is C29H44O2Si. The van der Waals surface area contributed by atoms with E-state index in [0.717, 1.165) is 19.4 Å². The van der Waals surface area contributed by atoms with Gasteiger partial charge in [-0.05, 0) is 36.1 Å². The summed E-state index contributed by atoms with van der Waals surface area (Å²) in [5.41, 5.74) is 0. The summed E-state index contributed by atoms with van der Waals surface area (Å²) >= 11 is 0. The monoisotopic (exact) mass is 452 g/mol. The van der Waals surface area contributed by atoms with Gasteiger partial charge in [0.1, 0.15) is 0 Å². The second-order valence-corrected chi connectivity index (χ2v) is 11.5. The maximum Gasteiger partial charge on any atom is 0.407 e. The van der Waals surface area contributed by atoms with Gasteiger partial charge in [0.2, 0.25) is 0 Å². The molecule has 0 N–H and O–H groups in total. The minimum Gasteiger partial charge on any atom is -0.388 e. The summed E-state index contributed by atoms with van der Waals surface area (Å²) in [6.45, 7) is 5.96. The molecule has 0 aromatic heterocycles. The topological polar surface area (TPSA) is 18.5 Å². The van der Waals surface area contributed by atoms with E-state index in [2.05, 4.69) is 86.7 Å². The Morgan fingerprint density at radius 3 is 1.69 bits per heavy atom. The highest BCUT2D eigenvalue weighted by Crippen LogP contribution is 2.13. The molecule has 0 aliphatic heterocycles. The lowest BCUT2D eigenvalue weighted by molar-refractivity contribution is 0.190. The van der Waals surface area contributed by atoms with E-state index < -0.39 is 8.56 Å². The van der Waals surface area contributed by atoms with E-state index in [-0.39, 0.29) is 0 Å². The Labute approximate surface area is 198 Å². The average Bonchev–Trinajstić information content (AvgIpc) is 2.85. The molecule has 0 aliphatic carbocycles. The van der Waals surface area contributed by atoms with Crippen molar-refractivity contribution < 1.29 is 8.85 Å². The van der Waals surface area contributed by atoms with Crippen molar-refractivity contribution >= 4 is 18.9 Å². The fraction of sp³-hybridized carbons (Fsp3) is 0.517. The van der Waals surface area contributed by atoms with Crippen LogP contribution in [0.15, 0.2) is 72.8 Å². The van der Waals surface area contributed by atoms with Crippen molar-refractivity contribution in [2.75, 3.05) is 13.2 Å². The number of hydrogen-bond acceptors (Lipinski definition) is 2. The summed E-state index contributed by atoms with van der Waals surface area (Å²) in [5.74, 6) is 0. The highest BCUT2D eigenvalue weighted by Gasteiger charge is 2.42. The van der Waals surface area contributed by atoms with Gasteiger partial charge in [-0.2, -0.15) is 0 Å². The number of unbranched alkanes of at least 4 members (excludes halogenated alkanes) is 8. The fourth-order valence-electron chi connectivity index (χ4n) is 3.97. The zero-order chi connectivity index (χ0) is 22.7. The predicted octanol–water partition coefficient (Wildman–Crippen LogP) is 7.16. The molecule has 0 unspecified atom stereocenters. The summed E-state index contributed by atoms with van der Waals surface area (Å²) in [6, 6.07) is 21.3. The zero-order valence-corrected chi connectivity index (χ0v) is 21.4.